The van der Waals surface area contributed by atoms with Crippen molar-refractivity contribution in [2.45, 2.75) is 43.9 Å². The lowest BCUT2D eigenvalue weighted by Crippen LogP contribution is -2.33. The average Bonchev–Trinajstić information content (AvgIpc) is 2.28. The van der Waals surface area contributed by atoms with Crippen molar-refractivity contribution >= 4 is 0 Å². The largest absolute Gasteiger partial charge is 0.389 e. The first-order chi connectivity index (χ1) is 8.39. The lowest BCUT2D eigenvalue weighted by Gasteiger charge is -2.37. The Morgan fingerprint density at radius 3 is 2.44 bits per heavy atom. The van der Waals surface area contributed by atoms with Crippen LogP contribution in [0.4, 0.5) is 13.2 Å². The molecule has 1 fully saturated rings. The summed E-state index contributed by atoms with van der Waals surface area (Å²) in [5, 5.41) is 10.5. The molecule has 1 aromatic rings. The van der Waals surface area contributed by atoms with Gasteiger partial charge in [0.15, 0.2) is 0 Å². The van der Waals surface area contributed by atoms with Crippen molar-refractivity contribution in [2.75, 3.05) is 0 Å². The van der Waals surface area contributed by atoms with E-state index < -0.39 is 18.2 Å². The smallest absolute Gasteiger partial charge is 0.385 e. The van der Waals surface area contributed by atoms with Gasteiger partial charge in [0.05, 0.1) is 5.60 Å². The topological polar surface area (TPSA) is 20.2 Å². The van der Waals surface area contributed by atoms with Gasteiger partial charge >= 0.3 is 6.18 Å². The van der Waals surface area contributed by atoms with Crippen molar-refractivity contribution in [3.8, 4) is 0 Å². The van der Waals surface area contributed by atoms with Crippen LogP contribution in [-0.4, -0.2) is 11.3 Å². The predicted octanol–water partition coefficient (Wildman–Crippen LogP) is 3.98. The zero-order chi connectivity index (χ0) is 13.2. The number of rotatable bonds is 2. The highest BCUT2D eigenvalue weighted by Crippen LogP contribution is 2.44. The van der Waals surface area contributed by atoms with E-state index in [1.165, 1.54) is 0 Å². The first-order valence-corrected chi connectivity index (χ1v) is 6.07. The highest BCUT2D eigenvalue weighted by molar-refractivity contribution is 5.25. The number of halogens is 3. The molecule has 4 heteroatoms. The molecule has 0 aliphatic heterocycles. The molecule has 0 heterocycles. The summed E-state index contributed by atoms with van der Waals surface area (Å²) in [4.78, 5) is 0. The Hall–Kier alpha value is -1.03. The van der Waals surface area contributed by atoms with Gasteiger partial charge in [0, 0.05) is 6.42 Å². The molecule has 0 aromatic heterocycles. The summed E-state index contributed by atoms with van der Waals surface area (Å²) < 4.78 is 37.2. The Morgan fingerprint density at radius 1 is 1.17 bits per heavy atom. The number of hydrogen-bond acceptors (Lipinski definition) is 1. The van der Waals surface area contributed by atoms with Crippen LogP contribution >= 0.6 is 0 Å². The van der Waals surface area contributed by atoms with Gasteiger partial charge in [-0.25, -0.2) is 0 Å². The van der Waals surface area contributed by atoms with Crippen LogP contribution in [0.2, 0.25) is 0 Å². The second-order valence-corrected chi connectivity index (χ2v) is 4.97. The first kappa shape index (κ1) is 13.4. The Morgan fingerprint density at radius 2 is 1.83 bits per heavy atom. The average molecular weight is 257 g/mol. The quantitative estimate of drug-likeness (QED) is 0.849. The monoisotopic (exact) mass is 257 g/mol. The fraction of sp³-hybridized carbons (Fsp3) is 0.500. The van der Waals surface area contributed by atoms with Crippen LogP contribution in [0.15, 0.2) is 30.3 Å². The van der Waals surface area contributed by atoms with Crippen LogP contribution in [0.1, 0.15) is 37.7 Å². The van der Waals surface area contributed by atoms with Gasteiger partial charge in [-0.15, -0.1) is 0 Å². The van der Waals surface area contributed by atoms with E-state index in [9.17, 15) is 18.3 Å². The van der Waals surface area contributed by atoms with E-state index in [0.717, 1.165) is 0 Å². The van der Waals surface area contributed by atoms with Gasteiger partial charge in [-0.2, -0.15) is 13.2 Å². The molecule has 2 rings (SSSR count). The molecule has 0 amide bonds. The van der Waals surface area contributed by atoms with Gasteiger partial charge in [-0.1, -0.05) is 30.3 Å². The third-order valence-electron chi connectivity index (χ3n) is 3.42. The van der Waals surface area contributed by atoms with E-state index in [0.29, 0.717) is 30.7 Å². The zero-order valence-electron chi connectivity index (χ0n) is 10.0. The van der Waals surface area contributed by atoms with Crippen molar-refractivity contribution in [3.63, 3.8) is 0 Å². The van der Waals surface area contributed by atoms with Crippen LogP contribution in [0, 0.1) is 5.92 Å². The van der Waals surface area contributed by atoms with E-state index in [-0.39, 0.29) is 6.42 Å². The summed E-state index contributed by atoms with van der Waals surface area (Å²) in [6.45, 7) is 0. The van der Waals surface area contributed by atoms with Gasteiger partial charge in [0.25, 0.3) is 0 Å². The molecule has 1 unspecified atom stereocenters. The van der Waals surface area contributed by atoms with Crippen molar-refractivity contribution in [1.82, 2.24) is 0 Å². The summed E-state index contributed by atoms with van der Waals surface area (Å²) in [7, 11) is 0. The minimum absolute atomic E-state index is 0.122. The summed E-state index contributed by atoms with van der Waals surface area (Å²) >= 11 is 0. The Balaban J connectivity index is 2.10. The van der Waals surface area contributed by atoms with Gasteiger partial charge in [-0.3, -0.25) is 0 Å². The summed E-state index contributed by atoms with van der Waals surface area (Å²) in [6.07, 6.45) is -3.33. The van der Waals surface area contributed by atoms with E-state index in [2.05, 4.69) is 0 Å². The molecule has 0 bridgehead atoms. The molecule has 0 spiro atoms. The standard InChI is InChI=1S/C14H16F3O/c15-14(16,17)10-11-5-4-8-13(18,9-11)12-6-2-1-3-7-12/h1-3,6-7,18H,4-5,8-10H2. The molecule has 1 radical (unpaired) electrons. The fourth-order valence-corrected chi connectivity index (χ4v) is 2.65. The maximum absolute atomic E-state index is 12.4. The third kappa shape index (κ3) is 3.25. The molecular formula is C14H16F3O. The van der Waals surface area contributed by atoms with Crippen LogP contribution in [0.3, 0.4) is 0 Å². The minimum Gasteiger partial charge on any atom is -0.385 e. The van der Waals surface area contributed by atoms with Gasteiger partial charge in [0.1, 0.15) is 0 Å². The molecule has 18 heavy (non-hydrogen) atoms. The molecule has 0 saturated heterocycles. The molecule has 1 aromatic carbocycles. The molecular weight excluding hydrogens is 241 g/mol. The third-order valence-corrected chi connectivity index (χ3v) is 3.42. The van der Waals surface area contributed by atoms with Crippen LogP contribution in [-0.2, 0) is 5.60 Å². The van der Waals surface area contributed by atoms with E-state index in [1.54, 1.807) is 24.3 Å². The molecule has 1 aliphatic rings. The molecule has 1 N–H and O–H groups in total. The van der Waals surface area contributed by atoms with E-state index in [1.807, 2.05) is 6.07 Å². The minimum atomic E-state index is -4.18. The maximum Gasteiger partial charge on any atom is 0.389 e. The molecule has 1 atom stereocenters. The van der Waals surface area contributed by atoms with E-state index in [4.69, 9.17) is 0 Å². The second-order valence-electron chi connectivity index (χ2n) is 4.97. The molecule has 1 nitrogen and oxygen atoms in total. The molecule has 1 aliphatic carbocycles. The summed E-state index contributed by atoms with van der Waals surface area (Å²) in [5.74, 6) is 0.403. The normalized spacial score (nSPS) is 26.2. The van der Waals surface area contributed by atoms with Crippen LogP contribution < -0.4 is 0 Å². The Labute approximate surface area is 105 Å². The highest BCUT2D eigenvalue weighted by atomic mass is 19.4. The molecule has 1 saturated carbocycles. The number of hydrogen-bond donors (Lipinski definition) is 1. The Bertz CT molecular complexity index is 388. The first-order valence-electron chi connectivity index (χ1n) is 6.07. The van der Waals surface area contributed by atoms with Crippen molar-refractivity contribution in [3.05, 3.63) is 41.8 Å². The predicted molar refractivity (Wildman–Crippen MR) is 62.7 cm³/mol. The Kier molecular flexibility index (Phi) is 3.66. The maximum atomic E-state index is 12.4. The molecule has 99 valence electrons. The number of alkyl halides is 3. The van der Waals surface area contributed by atoms with Gasteiger partial charge in [-0.05, 0) is 37.2 Å². The van der Waals surface area contributed by atoms with Crippen molar-refractivity contribution < 1.29 is 18.3 Å². The van der Waals surface area contributed by atoms with E-state index >= 15 is 0 Å². The fourth-order valence-electron chi connectivity index (χ4n) is 2.65. The van der Waals surface area contributed by atoms with Crippen LogP contribution in [0.5, 0.6) is 0 Å². The SMILES string of the molecule is OC1(c2ccccc2)CCC[C](CC(F)(F)F)C1. The van der Waals surface area contributed by atoms with Crippen molar-refractivity contribution in [2.24, 2.45) is 0 Å². The van der Waals surface area contributed by atoms with Crippen molar-refractivity contribution in [1.29, 1.82) is 0 Å². The lowest BCUT2D eigenvalue weighted by atomic mass is 9.73. The zero-order valence-corrected chi connectivity index (χ0v) is 10.0. The second kappa shape index (κ2) is 4.92. The van der Waals surface area contributed by atoms with Gasteiger partial charge in [0.2, 0.25) is 0 Å². The number of benzene rings is 1. The lowest BCUT2D eigenvalue weighted by molar-refractivity contribution is -0.135. The summed E-state index contributed by atoms with van der Waals surface area (Å²) in [5.41, 5.74) is -0.413. The number of aliphatic hydroxyl groups is 1. The summed E-state index contributed by atoms with van der Waals surface area (Å²) in [6, 6.07) is 8.97. The van der Waals surface area contributed by atoms with Gasteiger partial charge < -0.3 is 5.11 Å². The highest BCUT2D eigenvalue weighted by Gasteiger charge is 2.40. The van der Waals surface area contributed by atoms with Crippen LogP contribution in [0.25, 0.3) is 0 Å².